The summed E-state index contributed by atoms with van der Waals surface area (Å²) in [5.74, 6) is 0. The predicted octanol–water partition coefficient (Wildman–Crippen LogP) is 0.885. The van der Waals surface area contributed by atoms with E-state index in [-0.39, 0.29) is 0 Å². The first-order valence-corrected chi connectivity index (χ1v) is 3.44. The van der Waals surface area contributed by atoms with E-state index in [1.807, 2.05) is 20.0 Å². The lowest BCUT2D eigenvalue weighted by Gasteiger charge is -1.97. The molecule has 0 aromatic heterocycles. The predicted molar refractivity (Wildman–Crippen MR) is 45.9 cm³/mol. The third-order valence-electron chi connectivity index (χ3n) is 0.966. The molecule has 0 fully saturated rings. The van der Waals surface area contributed by atoms with E-state index in [0.29, 0.717) is 0 Å². The topological polar surface area (TPSA) is 24.1 Å². The molecular weight excluding hydrogens is 124 g/mol. The third kappa shape index (κ3) is 7.40. The summed E-state index contributed by atoms with van der Waals surface area (Å²) in [6.07, 6.45) is 4.06. The van der Waals surface area contributed by atoms with E-state index >= 15 is 0 Å². The van der Waals surface area contributed by atoms with Crippen LogP contribution < -0.4 is 10.6 Å². The zero-order chi connectivity index (χ0) is 7.82. The normalized spacial score (nSPS) is 10.6. The number of hydrogen-bond acceptors (Lipinski definition) is 2. The van der Waals surface area contributed by atoms with Gasteiger partial charge in [-0.25, -0.2) is 0 Å². The second-order valence-corrected chi connectivity index (χ2v) is 2.23. The molecule has 2 N–H and O–H groups in total. The highest BCUT2D eigenvalue weighted by Crippen LogP contribution is 1.86. The molecule has 0 spiro atoms. The fraction of sp³-hybridized carbons (Fsp3) is 0.500. The molecule has 0 saturated carbocycles. The van der Waals surface area contributed by atoms with Crippen molar-refractivity contribution in [3.05, 3.63) is 24.3 Å². The molecule has 2 nitrogen and oxygen atoms in total. The maximum Gasteiger partial charge on any atom is 0.0454 e. The lowest BCUT2D eigenvalue weighted by molar-refractivity contribution is 0.674. The molecule has 0 heterocycles. The van der Waals surface area contributed by atoms with Crippen LogP contribution >= 0.6 is 0 Å². The molecule has 0 aliphatic carbocycles. The average Bonchev–Trinajstić information content (AvgIpc) is 1.87. The Labute approximate surface area is 63.0 Å². The largest absolute Gasteiger partial charge is 0.308 e. The van der Waals surface area contributed by atoms with E-state index in [1.54, 1.807) is 0 Å². The molecule has 0 amide bonds. The van der Waals surface area contributed by atoms with Gasteiger partial charge >= 0.3 is 0 Å². The highest BCUT2D eigenvalue weighted by Gasteiger charge is 1.76. The lowest BCUT2D eigenvalue weighted by Crippen LogP contribution is -2.25. The second kappa shape index (κ2) is 6.52. The van der Waals surface area contributed by atoms with Gasteiger partial charge in [0.2, 0.25) is 0 Å². The molecule has 0 aromatic carbocycles. The molecule has 10 heavy (non-hydrogen) atoms. The van der Waals surface area contributed by atoms with Gasteiger partial charge < -0.3 is 10.6 Å². The number of nitrogens with one attached hydrogen (secondary N) is 2. The van der Waals surface area contributed by atoms with E-state index in [2.05, 4.69) is 23.3 Å². The van der Waals surface area contributed by atoms with Crippen molar-refractivity contribution >= 4 is 0 Å². The molecule has 2 heteroatoms. The monoisotopic (exact) mass is 140 g/mol. The summed E-state index contributed by atoms with van der Waals surface area (Å²) in [7, 11) is 1.91. The maximum absolute atomic E-state index is 3.74. The molecule has 0 atom stereocenters. The lowest BCUT2D eigenvalue weighted by atomic mass is 10.3. The third-order valence-corrected chi connectivity index (χ3v) is 0.966. The van der Waals surface area contributed by atoms with Gasteiger partial charge in [-0.2, -0.15) is 0 Å². The minimum absolute atomic E-state index is 0.848. The Morgan fingerprint density at radius 1 is 1.60 bits per heavy atom. The SMILES string of the molecule is C=C(C)/C=C\CNCNC. The average molecular weight is 140 g/mol. The summed E-state index contributed by atoms with van der Waals surface area (Å²) in [5.41, 5.74) is 1.09. The van der Waals surface area contributed by atoms with Gasteiger partial charge in [0, 0.05) is 13.2 Å². The molecular formula is C8H16N2. The summed E-state index contributed by atoms with van der Waals surface area (Å²) in [6.45, 7) is 7.47. The Balaban J connectivity index is 3.10. The van der Waals surface area contributed by atoms with Gasteiger partial charge in [0.15, 0.2) is 0 Å². The first kappa shape index (κ1) is 9.40. The van der Waals surface area contributed by atoms with Crippen LogP contribution in [0.25, 0.3) is 0 Å². The molecule has 0 unspecified atom stereocenters. The zero-order valence-corrected chi connectivity index (χ0v) is 6.78. The summed E-state index contributed by atoms with van der Waals surface area (Å²) in [6, 6.07) is 0. The molecule has 0 saturated heterocycles. The van der Waals surface area contributed by atoms with E-state index in [4.69, 9.17) is 0 Å². The highest BCUT2D eigenvalue weighted by atomic mass is 15.0. The molecule has 0 bridgehead atoms. The zero-order valence-electron chi connectivity index (χ0n) is 6.78. The molecule has 0 aliphatic heterocycles. The van der Waals surface area contributed by atoms with E-state index in [0.717, 1.165) is 18.8 Å². The van der Waals surface area contributed by atoms with Gasteiger partial charge in [-0.1, -0.05) is 24.3 Å². The Morgan fingerprint density at radius 2 is 2.30 bits per heavy atom. The van der Waals surface area contributed by atoms with Gasteiger partial charge in [-0.15, -0.1) is 0 Å². The van der Waals surface area contributed by atoms with Gasteiger partial charge in [-0.05, 0) is 14.0 Å². The van der Waals surface area contributed by atoms with Crippen molar-refractivity contribution in [2.45, 2.75) is 6.92 Å². The standard InChI is InChI=1S/C8H16N2/c1-8(2)5-4-6-10-7-9-3/h4-5,9-10H,1,6-7H2,2-3H3/b5-4-. The van der Waals surface area contributed by atoms with Crippen LogP contribution in [0.3, 0.4) is 0 Å². The minimum Gasteiger partial charge on any atom is -0.308 e. The summed E-state index contributed by atoms with van der Waals surface area (Å²) >= 11 is 0. The molecule has 0 aromatic rings. The number of hydrogen-bond donors (Lipinski definition) is 2. The van der Waals surface area contributed by atoms with Crippen molar-refractivity contribution in [2.24, 2.45) is 0 Å². The van der Waals surface area contributed by atoms with Gasteiger partial charge in [-0.3, -0.25) is 0 Å². The van der Waals surface area contributed by atoms with Crippen LogP contribution in [0.4, 0.5) is 0 Å². The number of rotatable bonds is 5. The molecule has 0 aliphatic rings. The number of allylic oxidation sites excluding steroid dienone is 2. The summed E-state index contributed by atoms with van der Waals surface area (Å²) < 4.78 is 0. The molecule has 0 rings (SSSR count). The fourth-order valence-corrected chi connectivity index (χ4v) is 0.541. The van der Waals surface area contributed by atoms with Crippen molar-refractivity contribution in [1.82, 2.24) is 10.6 Å². The fourth-order valence-electron chi connectivity index (χ4n) is 0.541. The second-order valence-electron chi connectivity index (χ2n) is 2.23. The van der Waals surface area contributed by atoms with Crippen LogP contribution in [-0.4, -0.2) is 20.3 Å². The maximum atomic E-state index is 3.74. The van der Waals surface area contributed by atoms with Crippen LogP contribution in [0.2, 0.25) is 0 Å². The van der Waals surface area contributed by atoms with Crippen molar-refractivity contribution in [3.63, 3.8) is 0 Å². The van der Waals surface area contributed by atoms with Crippen molar-refractivity contribution in [2.75, 3.05) is 20.3 Å². The first-order valence-electron chi connectivity index (χ1n) is 3.44. The van der Waals surface area contributed by atoms with Crippen molar-refractivity contribution < 1.29 is 0 Å². The Morgan fingerprint density at radius 3 is 2.80 bits per heavy atom. The Hall–Kier alpha value is -0.600. The van der Waals surface area contributed by atoms with Crippen LogP contribution in [0.15, 0.2) is 24.3 Å². The van der Waals surface area contributed by atoms with E-state index in [9.17, 15) is 0 Å². The quantitative estimate of drug-likeness (QED) is 0.336. The van der Waals surface area contributed by atoms with Crippen LogP contribution in [0.1, 0.15) is 6.92 Å². The molecule has 0 radical (unpaired) electrons. The molecule has 58 valence electrons. The van der Waals surface area contributed by atoms with Crippen molar-refractivity contribution in [3.8, 4) is 0 Å². The summed E-state index contributed by atoms with van der Waals surface area (Å²) in [4.78, 5) is 0. The van der Waals surface area contributed by atoms with Gasteiger partial charge in [0.05, 0.1) is 0 Å². The Bertz CT molecular complexity index is 116. The van der Waals surface area contributed by atoms with Crippen LogP contribution in [0, 0.1) is 0 Å². The minimum atomic E-state index is 0.848. The smallest absolute Gasteiger partial charge is 0.0454 e. The van der Waals surface area contributed by atoms with Crippen LogP contribution in [0.5, 0.6) is 0 Å². The summed E-state index contributed by atoms with van der Waals surface area (Å²) in [5, 5.41) is 6.14. The van der Waals surface area contributed by atoms with Gasteiger partial charge in [0.25, 0.3) is 0 Å². The first-order chi connectivity index (χ1) is 4.77. The van der Waals surface area contributed by atoms with Crippen molar-refractivity contribution in [1.29, 1.82) is 0 Å². The van der Waals surface area contributed by atoms with E-state index < -0.39 is 0 Å². The van der Waals surface area contributed by atoms with E-state index in [1.165, 1.54) is 0 Å². The Kier molecular flexibility index (Phi) is 6.13. The van der Waals surface area contributed by atoms with Gasteiger partial charge in [0.1, 0.15) is 0 Å². The van der Waals surface area contributed by atoms with Crippen LogP contribution in [-0.2, 0) is 0 Å². The highest BCUT2D eigenvalue weighted by molar-refractivity contribution is 5.11.